The van der Waals surface area contributed by atoms with Gasteiger partial charge in [-0.1, -0.05) is 0 Å². The Hall–Kier alpha value is -2.01. The summed E-state index contributed by atoms with van der Waals surface area (Å²) in [4.78, 5) is 15.4. The molecule has 0 fully saturated rings. The molecule has 0 bridgehead atoms. The molecular formula is C16H20N4O. The second-order valence-corrected chi connectivity index (χ2v) is 5.50. The van der Waals surface area contributed by atoms with Gasteiger partial charge in [-0.15, -0.1) is 0 Å². The van der Waals surface area contributed by atoms with E-state index < -0.39 is 0 Å². The SMILES string of the molecule is COc1c(C)cnc(CN2CCc3cncnc3C2)c1C. The molecule has 5 heteroatoms. The molecule has 0 N–H and O–H groups in total. The standard InChI is InChI=1S/C16H20N4O/c1-11-6-18-14(12(2)16(11)21-3)8-20-5-4-13-7-17-10-19-15(13)9-20/h6-7,10H,4-5,8-9H2,1-3H3. The Morgan fingerprint density at radius 2 is 2.10 bits per heavy atom. The number of rotatable bonds is 3. The molecule has 0 saturated heterocycles. The highest BCUT2D eigenvalue weighted by atomic mass is 16.5. The Morgan fingerprint density at radius 3 is 2.90 bits per heavy atom. The molecule has 0 saturated carbocycles. The summed E-state index contributed by atoms with van der Waals surface area (Å²) in [5.74, 6) is 0.944. The molecule has 0 spiro atoms. The molecule has 1 aliphatic rings. The maximum Gasteiger partial charge on any atom is 0.128 e. The molecule has 3 rings (SSSR count). The minimum atomic E-state index is 0.825. The van der Waals surface area contributed by atoms with Gasteiger partial charge in [-0.2, -0.15) is 0 Å². The van der Waals surface area contributed by atoms with E-state index in [0.29, 0.717) is 0 Å². The van der Waals surface area contributed by atoms with Gasteiger partial charge in [0.05, 0.1) is 18.5 Å². The fourth-order valence-corrected chi connectivity index (χ4v) is 2.88. The lowest BCUT2D eigenvalue weighted by molar-refractivity contribution is 0.237. The first-order valence-electron chi connectivity index (χ1n) is 7.18. The summed E-state index contributed by atoms with van der Waals surface area (Å²) in [6.45, 7) is 6.80. The number of methoxy groups -OCH3 is 1. The first-order valence-corrected chi connectivity index (χ1v) is 7.18. The third-order valence-electron chi connectivity index (χ3n) is 4.08. The average molecular weight is 284 g/mol. The van der Waals surface area contributed by atoms with Crippen molar-refractivity contribution in [1.82, 2.24) is 19.9 Å². The van der Waals surface area contributed by atoms with Crippen LogP contribution in [0.3, 0.4) is 0 Å². The van der Waals surface area contributed by atoms with Gasteiger partial charge in [-0.3, -0.25) is 9.88 Å². The van der Waals surface area contributed by atoms with Crippen LogP contribution in [0.25, 0.3) is 0 Å². The number of aromatic nitrogens is 3. The van der Waals surface area contributed by atoms with Crippen LogP contribution in [0.2, 0.25) is 0 Å². The van der Waals surface area contributed by atoms with Gasteiger partial charge < -0.3 is 4.74 Å². The van der Waals surface area contributed by atoms with Crippen molar-refractivity contribution in [3.63, 3.8) is 0 Å². The van der Waals surface area contributed by atoms with Crippen LogP contribution in [0.5, 0.6) is 5.75 Å². The minimum Gasteiger partial charge on any atom is -0.496 e. The van der Waals surface area contributed by atoms with Crippen molar-refractivity contribution in [3.8, 4) is 5.75 Å². The molecule has 0 aliphatic carbocycles. The smallest absolute Gasteiger partial charge is 0.128 e. The Labute approximate surface area is 125 Å². The lowest BCUT2D eigenvalue weighted by atomic mass is 10.1. The van der Waals surface area contributed by atoms with E-state index >= 15 is 0 Å². The van der Waals surface area contributed by atoms with Gasteiger partial charge in [-0.05, 0) is 25.8 Å². The van der Waals surface area contributed by atoms with Crippen LogP contribution >= 0.6 is 0 Å². The number of hydrogen-bond acceptors (Lipinski definition) is 5. The molecule has 0 radical (unpaired) electrons. The van der Waals surface area contributed by atoms with E-state index in [-0.39, 0.29) is 0 Å². The van der Waals surface area contributed by atoms with Crippen molar-refractivity contribution in [2.75, 3.05) is 13.7 Å². The van der Waals surface area contributed by atoms with Crippen LogP contribution in [0.4, 0.5) is 0 Å². The van der Waals surface area contributed by atoms with Crippen LogP contribution in [0.1, 0.15) is 28.1 Å². The number of hydrogen-bond donors (Lipinski definition) is 0. The zero-order valence-electron chi connectivity index (χ0n) is 12.8. The Morgan fingerprint density at radius 1 is 1.24 bits per heavy atom. The van der Waals surface area contributed by atoms with E-state index in [1.54, 1.807) is 13.4 Å². The van der Waals surface area contributed by atoms with E-state index in [1.165, 1.54) is 5.56 Å². The Bertz CT molecular complexity index is 657. The molecule has 2 aromatic rings. The predicted molar refractivity (Wildman–Crippen MR) is 80.1 cm³/mol. The minimum absolute atomic E-state index is 0.825. The van der Waals surface area contributed by atoms with Gasteiger partial charge in [0.15, 0.2) is 0 Å². The quantitative estimate of drug-likeness (QED) is 0.863. The highest BCUT2D eigenvalue weighted by Crippen LogP contribution is 2.26. The van der Waals surface area contributed by atoms with Crippen molar-refractivity contribution in [1.29, 1.82) is 0 Å². The molecule has 110 valence electrons. The molecule has 2 aromatic heterocycles. The zero-order chi connectivity index (χ0) is 14.8. The summed E-state index contributed by atoms with van der Waals surface area (Å²) in [5, 5.41) is 0. The molecule has 3 heterocycles. The largest absolute Gasteiger partial charge is 0.496 e. The summed E-state index contributed by atoms with van der Waals surface area (Å²) in [6, 6.07) is 0. The molecular weight excluding hydrogens is 264 g/mol. The van der Waals surface area contributed by atoms with Crippen molar-refractivity contribution in [2.45, 2.75) is 33.4 Å². The van der Waals surface area contributed by atoms with Crippen molar-refractivity contribution >= 4 is 0 Å². The summed E-state index contributed by atoms with van der Waals surface area (Å²) in [6.07, 6.45) is 6.44. The summed E-state index contributed by atoms with van der Waals surface area (Å²) in [7, 11) is 1.72. The van der Waals surface area contributed by atoms with E-state index in [0.717, 1.165) is 54.3 Å². The van der Waals surface area contributed by atoms with E-state index in [9.17, 15) is 0 Å². The van der Waals surface area contributed by atoms with Crippen molar-refractivity contribution < 1.29 is 4.74 Å². The first-order chi connectivity index (χ1) is 10.2. The average Bonchev–Trinajstić information content (AvgIpc) is 2.50. The molecule has 1 aliphatic heterocycles. The molecule has 21 heavy (non-hydrogen) atoms. The normalized spacial score (nSPS) is 14.8. The van der Waals surface area contributed by atoms with Crippen LogP contribution in [-0.2, 0) is 19.5 Å². The van der Waals surface area contributed by atoms with Crippen LogP contribution < -0.4 is 4.74 Å². The monoisotopic (exact) mass is 284 g/mol. The zero-order valence-corrected chi connectivity index (χ0v) is 12.8. The molecule has 5 nitrogen and oxygen atoms in total. The van der Waals surface area contributed by atoms with Crippen LogP contribution in [-0.4, -0.2) is 33.5 Å². The second-order valence-electron chi connectivity index (χ2n) is 5.50. The van der Waals surface area contributed by atoms with E-state index in [2.05, 4.69) is 26.8 Å². The maximum absolute atomic E-state index is 5.48. The Kier molecular flexibility index (Phi) is 3.84. The van der Waals surface area contributed by atoms with Gasteiger partial charge in [0, 0.05) is 43.2 Å². The van der Waals surface area contributed by atoms with Gasteiger partial charge in [0.2, 0.25) is 0 Å². The highest BCUT2D eigenvalue weighted by Gasteiger charge is 2.19. The maximum atomic E-state index is 5.48. The van der Waals surface area contributed by atoms with Gasteiger partial charge in [0.25, 0.3) is 0 Å². The second kappa shape index (κ2) is 5.77. The van der Waals surface area contributed by atoms with Crippen LogP contribution in [0.15, 0.2) is 18.7 Å². The lowest BCUT2D eigenvalue weighted by Crippen LogP contribution is -2.31. The highest BCUT2D eigenvalue weighted by molar-refractivity contribution is 5.41. The number of fused-ring (bicyclic) bond motifs is 1. The van der Waals surface area contributed by atoms with Crippen molar-refractivity contribution in [2.24, 2.45) is 0 Å². The fraction of sp³-hybridized carbons (Fsp3) is 0.438. The first kappa shape index (κ1) is 13.9. The molecule has 0 atom stereocenters. The number of nitrogens with zero attached hydrogens (tertiary/aromatic N) is 4. The molecule has 0 amide bonds. The summed E-state index contributed by atoms with van der Waals surface area (Å²) < 4.78 is 5.48. The third kappa shape index (κ3) is 2.74. The predicted octanol–water partition coefficient (Wildman–Crippen LogP) is 2.06. The van der Waals surface area contributed by atoms with Gasteiger partial charge in [0.1, 0.15) is 12.1 Å². The van der Waals surface area contributed by atoms with Gasteiger partial charge >= 0.3 is 0 Å². The number of aryl methyl sites for hydroxylation is 1. The summed E-state index contributed by atoms with van der Waals surface area (Å²) in [5.41, 5.74) is 5.68. The number of ether oxygens (including phenoxy) is 1. The van der Waals surface area contributed by atoms with Crippen LogP contribution in [0, 0.1) is 13.8 Å². The fourth-order valence-electron chi connectivity index (χ4n) is 2.88. The topological polar surface area (TPSA) is 51.1 Å². The lowest BCUT2D eigenvalue weighted by Gasteiger charge is -2.28. The van der Waals surface area contributed by atoms with Crippen molar-refractivity contribution in [3.05, 3.63) is 46.8 Å². The van der Waals surface area contributed by atoms with E-state index in [1.807, 2.05) is 19.3 Å². The summed E-state index contributed by atoms with van der Waals surface area (Å²) >= 11 is 0. The molecule has 0 unspecified atom stereocenters. The molecule has 0 aromatic carbocycles. The van der Waals surface area contributed by atoms with E-state index in [4.69, 9.17) is 4.74 Å². The van der Waals surface area contributed by atoms with Gasteiger partial charge in [-0.25, -0.2) is 9.97 Å². The number of pyridine rings is 1. The third-order valence-corrected chi connectivity index (χ3v) is 4.08. The Balaban J connectivity index is 1.80.